The molecule has 1 aliphatic rings. The van der Waals surface area contributed by atoms with Crippen molar-refractivity contribution in [3.05, 3.63) is 47.4 Å². The Balaban J connectivity index is 2.49. The molecule has 0 fully saturated rings. The molecule has 2 rings (SSSR count). The van der Waals surface area contributed by atoms with E-state index in [1.807, 2.05) is 0 Å². The van der Waals surface area contributed by atoms with E-state index in [1.165, 1.54) is 24.5 Å². The van der Waals surface area contributed by atoms with Gasteiger partial charge in [-0.25, -0.2) is 8.78 Å². The number of halogens is 3. The van der Waals surface area contributed by atoms with Crippen LogP contribution in [0.5, 0.6) is 0 Å². The van der Waals surface area contributed by atoms with E-state index in [0.29, 0.717) is 5.56 Å². The van der Waals surface area contributed by atoms with E-state index in [2.05, 4.69) is 10.3 Å². The van der Waals surface area contributed by atoms with Gasteiger partial charge in [-0.15, -0.1) is 0 Å². The average molecular weight is 258 g/mol. The predicted octanol–water partition coefficient (Wildman–Crippen LogP) is 2.07. The Kier molecular flexibility index (Phi) is 3.13. The minimum Gasteiger partial charge on any atom is -0.350 e. The van der Waals surface area contributed by atoms with Gasteiger partial charge in [0.15, 0.2) is 5.66 Å². The number of allylic oxidation sites excluding steroid dienone is 2. The van der Waals surface area contributed by atoms with Crippen LogP contribution >= 0.6 is 11.6 Å². The zero-order chi connectivity index (χ0) is 12.5. The van der Waals surface area contributed by atoms with Crippen LogP contribution in [-0.4, -0.2) is 17.1 Å². The number of alkyl halides is 2. The predicted molar refractivity (Wildman–Crippen MR) is 62.2 cm³/mol. The van der Waals surface area contributed by atoms with Gasteiger partial charge in [-0.1, -0.05) is 17.7 Å². The molecule has 1 aromatic rings. The van der Waals surface area contributed by atoms with Crippen molar-refractivity contribution in [3.63, 3.8) is 0 Å². The summed E-state index contributed by atoms with van der Waals surface area (Å²) in [5.41, 5.74) is 4.57. The minimum atomic E-state index is -2.79. The third-order valence-electron chi connectivity index (χ3n) is 2.50. The van der Waals surface area contributed by atoms with Crippen molar-refractivity contribution in [1.82, 2.24) is 10.3 Å². The number of rotatable bonds is 2. The molecule has 0 saturated heterocycles. The highest BCUT2D eigenvalue weighted by atomic mass is 35.5. The summed E-state index contributed by atoms with van der Waals surface area (Å²) in [5, 5.41) is 2.49. The Hall–Kier alpha value is -1.46. The molecule has 90 valence electrons. The van der Waals surface area contributed by atoms with Crippen LogP contribution < -0.4 is 11.1 Å². The lowest BCUT2D eigenvalue weighted by atomic mass is 9.92. The topological polar surface area (TPSA) is 50.9 Å². The fourth-order valence-corrected chi connectivity index (χ4v) is 1.86. The van der Waals surface area contributed by atoms with Gasteiger partial charge in [-0.2, -0.15) is 0 Å². The monoisotopic (exact) mass is 257 g/mol. The van der Waals surface area contributed by atoms with Crippen LogP contribution in [0.2, 0.25) is 0 Å². The first-order chi connectivity index (χ1) is 8.04. The smallest absolute Gasteiger partial charge is 0.278 e. The summed E-state index contributed by atoms with van der Waals surface area (Å²) in [6.45, 7) is 0. The standard InChI is InChI=1S/C11H10ClF2N3/c12-9-2-1-8(7-3-5-16-6-4-7)11(15,17-9)10(13)14/h1-6,10,17H,15H2. The zero-order valence-corrected chi connectivity index (χ0v) is 9.46. The first-order valence-electron chi connectivity index (χ1n) is 4.87. The number of dihydropyridines is 1. The highest BCUT2D eigenvalue weighted by Crippen LogP contribution is 2.32. The number of nitrogens with zero attached hydrogens (tertiary/aromatic N) is 1. The van der Waals surface area contributed by atoms with Crippen LogP contribution in [-0.2, 0) is 0 Å². The summed E-state index contributed by atoms with van der Waals surface area (Å²) in [6, 6.07) is 3.23. The Morgan fingerprint density at radius 3 is 2.53 bits per heavy atom. The molecule has 0 saturated carbocycles. The minimum absolute atomic E-state index is 0.0885. The number of aromatic nitrogens is 1. The van der Waals surface area contributed by atoms with Gasteiger partial charge in [0.2, 0.25) is 0 Å². The molecule has 1 unspecified atom stereocenters. The van der Waals surface area contributed by atoms with Crippen LogP contribution in [0.25, 0.3) is 5.57 Å². The van der Waals surface area contributed by atoms with Gasteiger partial charge in [0.25, 0.3) is 6.43 Å². The van der Waals surface area contributed by atoms with E-state index >= 15 is 0 Å². The molecule has 0 aromatic carbocycles. The first kappa shape index (κ1) is 12.0. The summed E-state index contributed by atoms with van der Waals surface area (Å²) in [7, 11) is 0. The lowest BCUT2D eigenvalue weighted by molar-refractivity contribution is 0.0724. The van der Waals surface area contributed by atoms with Crippen molar-refractivity contribution in [1.29, 1.82) is 0 Å². The summed E-state index contributed by atoms with van der Waals surface area (Å²) < 4.78 is 26.2. The maximum absolute atomic E-state index is 13.1. The van der Waals surface area contributed by atoms with E-state index in [9.17, 15) is 8.78 Å². The van der Waals surface area contributed by atoms with Crippen molar-refractivity contribution in [2.45, 2.75) is 12.1 Å². The molecule has 0 aliphatic carbocycles. The first-order valence-corrected chi connectivity index (χ1v) is 5.25. The number of nitrogens with two attached hydrogens (primary N) is 1. The van der Waals surface area contributed by atoms with Crippen LogP contribution in [0.15, 0.2) is 41.8 Å². The molecule has 2 heterocycles. The Labute approximate surface area is 102 Å². The largest absolute Gasteiger partial charge is 0.350 e. The normalized spacial score (nSPS) is 24.1. The summed E-state index contributed by atoms with van der Waals surface area (Å²) in [4.78, 5) is 3.83. The molecule has 0 amide bonds. The van der Waals surface area contributed by atoms with Crippen LogP contribution in [0.4, 0.5) is 8.78 Å². The molecule has 3 N–H and O–H groups in total. The van der Waals surface area contributed by atoms with Crippen LogP contribution in [0.3, 0.4) is 0 Å². The molecule has 6 heteroatoms. The van der Waals surface area contributed by atoms with Gasteiger partial charge >= 0.3 is 0 Å². The number of pyridine rings is 1. The molecule has 0 radical (unpaired) electrons. The number of nitrogens with one attached hydrogen (secondary N) is 1. The maximum atomic E-state index is 13.1. The van der Waals surface area contributed by atoms with Crippen molar-refractivity contribution < 1.29 is 8.78 Å². The second-order valence-corrected chi connectivity index (χ2v) is 4.03. The molecule has 0 spiro atoms. The highest BCUT2D eigenvalue weighted by molar-refractivity contribution is 6.29. The molecule has 1 aliphatic heterocycles. The van der Waals surface area contributed by atoms with Crippen molar-refractivity contribution in [2.24, 2.45) is 5.73 Å². The third-order valence-corrected chi connectivity index (χ3v) is 2.72. The van der Waals surface area contributed by atoms with Gasteiger partial charge < -0.3 is 11.1 Å². The summed E-state index contributed by atoms with van der Waals surface area (Å²) in [5.74, 6) is 0. The number of hydrogen-bond acceptors (Lipinski definition) is 3. The highest BCUT2D eigenvalue weighted by Gasteiger charge is 2.41. The van der Waals surface area contributed by atoms with Crippen molar-refractivity contribution in [3.8, 4) is 0 Å². The number of hydrogen-bond donors (Lipinski definition) is 2. The fourth-order valence-electron chi connectivity index (χ4n) is 1.64. The van der Waals surface area contributed by atoms with Gasteiger partial charge in [0.1, 0.15) is 5.16 Å². The lowest BCUT2D eigenvalue weighted by Crippen LogP contribution is -2.59. The fraction of sp³-hybridized carbons (Fsp3) is 0.182. The molecule has 1 atom stereocenters. The molecule has 17 heavy (non-hydrogen) atoms. The second-order valence-electron chi connectivity index (χ2n) is 3.63. The quantitative estimate of drug-likeness (QED) is 0.798. The van der Waals surface area contributed by atoms with E-state index in [1.54, 1.807) is 12.1 Å². The summed E-state index contributed by atoms with van der Waals surface area (Å²) in [6.07, 6.45) is 3.22. The van der Waals surface area contributed by atoms with E-state index < -0.39 is 12.1 Å². The molecular formula is C11H10ClF2N3. The van der Waals surface area contributed by atoms with Crippen LogP contribution in [0, 0.1) is 0 Å². The molecule has 3 nitrogen and oxygen atoms in total. The second kappa shape index (κ2) is 4.43. The Morgan fingerprint density at radius 2 is 1.94 bits per heavy atom. The van der Waals surface area contributed by atoms with Gasteiger partial charge in [-0.3, -0.25) is 4.98 Å². The van der Waals surface area contributed by atoms with E-state index in [0.717, 1.165) is 0 Å². The van der Waals surface area contributed by atoms with Crippen molar-refractivity contribution in [2.75, 3.05) is 0 Å². The van der Waals surface area contributed by atoms with E-state index in [-0.39, 0.29) is 10.7 Å². The lowest BCUT2D eigenvalue weighted by Gasteiger charge is -2.35. The van der Waals surface area contributed by atoms with Crippen molar-refractivity contribution >= 4 is 17.2 Å². The summed E-state index contributed by atoms with van der Waals surface area (Å²) >= 11 is 5.68. The SMILES string of the molecule is NC1(C(F)F)NC(Cl)=CC=C1c1ccncc1. The molecule has 0 bridgehead atoms. The van der Waals surface area contributed by atoms with Gasteiger partial charge in [0.05, 0.1) is 0 Å². The average Bonchev–Trinajstić information content (AvgIpc) is 2.30. The third kappa shape index (κ3) is 2.16. The Bertz CT molecular complexity index is 473. The van der Waals surface area contributed by atoms with Gasteiger partial charge in [-0.05, 0) is 23.8 Å². The van der Waals surface area contributed by atoms with Gasteiger partial charge in [0, 0.05) is 18.0 Å². The zero-order valence-electron chi connectivity index (χ0n) is 8.70. The van der Waals surface area contributed by atoms with Crippen LogP contribution in [0.1, 0.15) is 5.56 Å². The maximum Gasteiger partial charge on any atom is 0.278 e. The molecular weight excluding hydrogens is 248 g/mol. The van der Waals surface area contributed by atoms with E-state index in [4.69, 9.17) is 17.3 Å². The Morgan fingerprint density at radius 1 is 1.29 bits per heavy atom. The molecule has 1 aromatic heterocycles.